The van der Waals surface area contributed by atoms with Crippen LogP contribution in [0.15, 0.2) is 24.3 Å². The van der Waals surface area contributed by atoms with Crippen LogP contribution in [0.3, 0.4) is 0 Å². The Morgan fingerprint density at radius 3 is 2.53 bits per heavy atom. The maximum atomic E-state index is 10.7. The minimum Gasteiger partial charge on any atom is -0.290 e. The molecule has 0 spiro atoms. The molecule has 0 aliphatic rings. The lowest BCUT2D eigenvalue weighted by atomic mass is 10.1. The number of nitrogens with zero attached hydrogens (tertiary/aromatic N) is 3. The molecule has 0 saturated heterocycles. The summed E-state index contributed by atoms with van der Waals surface area (Å²) in [5, 5.41) is 19.7. The van der Waals surface area contributed by atoms with E-state index in [1.165, 1.54) is 6.07 Å². The molecule has 5 heteroatoms. The van der Waals surface area contributed by atoms with Gasteiger partial charge in [-0.25, -0.2) is 0 Å². The predicted molar refractivity (Wildman–Crippen MR) is 55.1 cm³/mol. The van der Waals surface area contributed by atoms with Crippen LogP contribution in [0.25, 0.3) is 0 Å². The maximum Gasteiger partial charge on any atom is 0.275 e. The Morgan fingerprint density at radius 1 is 1.47 bits per heavy atom. The van der Waals surface area contributed by atoms with Gasteiger partial charge in [0.1, 0.15) is 6.04 Å². The molecule has 1 atom stereocenters. The largest absolute Gasteiger partial charge is 0.290 e. The second-order valence-corrected chi connectivity index (χ2v) is 3.31. The van der Waals surface area contributed by atoms with Gasteiger partial charge in [0, 0.05) is 6.07 Å². The van der Waals surface area contributed by atoms with E-state index in [2.05, 4.69) is 0 Å². The van der Waals surface area contributed by atoms with Gasteiger partial charge in [0.2, 0.25) is 0 Å². The lowest BCUT2D eigenvalue weighted by Gasteiger charge is -2.16. The Balaban J connectivity index is 3.24. The van der Waals surface area contributed by atoms with E-state index in [1.54, 1.807) is 37.2 Å². The van der Waals surface area contributed by atoms with E-state index in [-0.39, 0.29) is 5.69 Å². The third-order valence-corrected chi connectivity index (χ3v) is 2.07. The fourth-order valence-corrected chi connectivity index (χ4v) is 1.35. The van der Waals surface area contributed by atoms with Gasteiger partial charge in [0.05, 0.1) is 16.6 Å². The fraction of sp³-hybridized carbons (Fsp3) is 0.300. The number of nitro benzene ring substituents is 1. The minimum atomic E-state index is -0.591. The summed E-state index contributed by atoms with van der Waals surface area (Å²) in [4.78, 5) is 11.9. The summed E-state index contributed by atoms with van der Waals surface area (Å²) in [5.74, 6) is 0. The zero-order valence-electron chi connectivity index (χ0n) is 8.54. The SMILES string of the molecule is CN(C)C(C#N)c1ccccc1[N+](=O)[O-]. The molecule has 0 amide bonds. The molecule has 0 saturated carbocycles. The molecular weight excluding hydrogens is 194 g/mol. The average Bonchev–Trinajstić information content (AvgIpc) is 2.18. The van der Waals surface area contributed by atoms with Crippen molar-refractivity contribution in [3.8, 4) is 6.07 Å². The van der Waals surface area contributed by atoms with Crippen molar-refractivity contribution in [2.45, 2.75) is 6.04 Å². The van der Waals surface area contributed by atoms with Crippen LogP contribution >= 0.6 is 0 Å². The van der Waals surface area contributed by atoms with E-state index in [0.29, 0.717) is 5.56 Å². The van der Waals surface area contributed by atoms with E-state index in [4.69, 9.17) is 5.26 Å². The first-order chi connectivity index (χ1) is 7.07. The highest BCUT2D eigenvalue weighted by Gasteiger charge is 2.22. The minimum absolute atomic E-state index is 0.0160. The molecule has 78 valence electrons. The van der Waals surface area contributed by atoms with Crippen molar-refractivity contribution in [3.63, 3.8) is 0 Å². The Labute approximate surface area is 87.7 Å². The molecule has 1 unspecified atom stereocenters. The van der Waals surface area contributed by atoms with Gasteiger partial charge in [-0.1, -0.05) is 12.1 Å². The van der Waals surface area contributed by atoms with Gasteiger partial charge in [-0.3, -0.25) is 15.0 Å². The number of nitro groups is 1. The first kappa shape index (κ1) is 11.1. The Morgan fingerprint density at radius 2 is 2.07 bits per heavy atom. The summed E-state index contributed by atoms with van der Waals surface area (Å²) in [6, 6.07) is 7.73. The lowest BCUT2D eigenvalue weighted by molar-refractivity contribution is -0.385. The maximum absolute atomic E-state index is 10.7. The van der Waals surface area contributed by atoms with Crippen LogP contribution in [-0.4, -0.2) is 23.9 Å². The van der Waals surface area contributed by atoms with Crippen molar-refractivity contribution in [1.82, 2.24) is 4.90 Å². The van der Waals surface area contributed by atoms with Gasteiger partial charge >= 0.3 is 0 Å². The second kappa shape index (κ2) is 4.53. The highest BCUT2D eigenvalue weighted by atomic mass is 16.6. The number of para-hydroxylation sites is 1. The molecule has 0 N–H and O–H groups in total. The molecule has 0 aromatic heterocycles. The second-order valence-electron chi connectivity index (χ2n) is 3.31. The molecule has 0 radical (unpaired) electrons. The first-order valence-electron chi connectivity index (χ1n) is 4.37. The summed E-state index contributed by atoms with van der Waals surface area (Å²) in [5.41, 5.74) is 0.410. The Hall–Kier alpha value is -1.93. The monoisotopic (exact) mass is 205 g/mol. The molecule has 0 aliphatic heterocycles. The van der Waals surface area contributed by atoms with Crippen molar-refractivity contribution in [1.29, 1.82) is 5.26 Å². The zero-order valence-corrected chi connectivity index (χ0v) is 8.54. The molecule has 1 aromatic carbocycles. The van der Waals surface area contributed by atoms with E-state index in [1.807, 2.05) is 6.07 Å². The topological polar surface area (TPSA) is 70.2 Å². The first-order valence-corrected chi connectivity index (χ1v) is 4.37. The van der Waals surface area contributed by atoms with Gasteiger partial charge in [-0.2, -0.15) is 5.26 Å². The van der Waals surface area contributed by atoms with Gasteiger partial charge in [0.15, 0.2) is 0 Å². The van der Waals surface area contributed by atoms with Crippen LogP contribution in [0.2, 0.25) is 0 Å². The van der Waals surface area contributed by atoms with Crippen LogP contribution in [0, 0.1) is 21.4 Å². The summed E-state index contributed by atoms with van der Waals surface area (Å²) in [6.45, 7) is 0. The van der Waals surface area contributed by atoms with E-state index in [9.17, 15) is 10.1 Å². The molecule has 15 heavy (non-hydrogen) atoms. The third kappa shape index (κ3) is 2.30. The molecule has 1 aromatic rings. The van der Waals surface area contributed by atoms with Crippen molar-refractivity contribution >= 4 is 5.69 Å². The molecule has 0 aliphatic carbocycles. The van der Waals surface area contributed by atoms with Crippen molar-refractivity contribution in [2.24, 2.45) is 0 Å². The Kier molecular flexibility index (Phi) is 3.37. The van der Waals surface area contributed by atoms with Crippen LogP contribution in [0.1, 0.15) is 11.6 Å². The standard InChI is InChI=1S/C10H11N3O2/c1-12(2)10(7-11)8-5-3-4-6-9(8)13(14)15/h3-6,10H,1-2H3. The fourth-order valence-electron chi connectivity index (χ4n) is 1.35. The summed E-state index contributed by atoms with van der Waals surface area (Å²) in [7, 11) is 3.43. The Bertz CT molecular complexity index is 409. The number of nitriles is 1. The van der Waals surface area contributed by atoms with E-state index in [0.717, 1.165) is 0 Å². The molecule has 0 heterocycles. The van der Waals surface area contributed by atoms with Crippen molar-refractivity contribution in [2.75, 3.05) is 14.1 Å². The summed E-state index contributed by atoms with van der Waals surface area (Å²) < 4.78 is 0. The van der Waals surface area contributed by atoms with E-state index >= 15 is 0 Å². The number of hydrogen-bond donors (Lipinski definition) is 0. The lowest BCUT2D eigenvalue weighted by Crippen LogP contribution is -2.19. The van der Waals surface area contributed by atoms with Crippen LogP contribution < -0.4 is 0 Å². The number of benzene rings is 1. The number of rotatable bonds is 3. The van der Waals surface area contributed by atoms with Crippen LogP contribution in [0.4, 0.5) is 5.69 Å². The zero-order chi connectivity index (χ0) is 11.4. The summed E-state index contributed by atoms with van der Waals surface area (Å²) in [6.07, 6.45) is 0. The van der Waals surface area contributed by atoms with Crippen molar-refractivity contribution < 1.29 is 4.92 Å². The summed E-state index contributed by atoms with van der Waals surface area (Å²) >= 11 is 0. The highest BCUT2D eigenvalue weighted by molar-refractivity contribution is 5.44. The number of hydrogen-bond acceptors (Lipinski definition) is 4. The smallest absolute Gasteiger partial charge is 0.275 e. The van der Waals surface area contributed by atoms with Gasteiger partial charge < -0.3 is 0 Å². The van der Waals surface area contributed by atoms with Crippen LogP contribution in [-0.2, 0) is 0 Å². The van der Waals surface area contributed by atoms with Gasteiger partial charge in [-0.15, -0.1) is 0 Å². The van der Waals surface area contributed by atoms with Gasteiger partial charge in [0.25, 0.3) is 5.69 Å². The molecule has 1 rings (SSSR count). The highest BCUT2D eigenvalue weighted by Crippen LogP contribution is 2.26. The molecular formula is C10H11N3O2. The molecule has 0 bridgehead atoms. The molecule has 0 fully saturated rings. The predicted octanol–water partition coefficient (Wildman–Crippen LogP) is 1.72. The normalized spacial score (nSPS) is 12.1. The van der Waals surface area contributed by atoms with E-state index < -0.39 is 11.0 Å². The van der Waals surface area contributed by atoms with Crippen molar-refractivity contribution in [3.05, 3.63) is 39.9 Å². The van der Waals surface area contributed by atoms with Crippen LogP contribution in [0.5, 0.6) is 0 Å². The quantitative estimate of drug-likeness (QED) is 0.556. The van der Waals surface area contributed by atoms with Gasteiger partial charge in [-0.05, 0) is 20.2 Å². The average molecular weight is 205 g/mol. The molecule has 5 nitrogen and oxygen atoms in total. The third-order valence-electron chi connectivity index (χ3n) is 2.07.